The molecule has 0 amide bonds. The highest BCUT2D eigenvalue weighted by molar-refractivity contribution is 5.69. The molecule has 0 aliphatic rings. The van der Waals surface area contributed by atoms with Crippen molar-refractivity contribution in [2.24, 2.45) is 0 Å². The summed E-state index contributed by atoms with van der Waals surface area (Å²) in [6.07, 6.45) is 27.5. The summed E-state index contributed by atoms with van der Waals surface area (Å²) in [6, 6.07) is 0. The molecule has 0 bridgehead atoms. The Labute approximate surface area is 223 Å². The monoisotopic (exact) mass is 512 g/mol. The average Bonchev–Trinajstić information content (AvgIpc) is 2.87. The number of aliphatic hydroxyl groups excluding tert-OH is 1. The van der Waals surface area contributed by atoms with Crippen molar-refractivity contribution in [2.45, 2.75) is 174 Å². The van der Waals surface area contributed by atoms with Crippen molar-refractivity contribution in [1.82, 2.24) is 0 Å². The molecule has 1 N–H and O–H groups in total. The molecule has 36 heavy (non-hydrogen) atoms. The molecule has 0 aromatic rings. The summed E-state index contributed by atoms with van der Waals surface area (Å²) >= 11 is 0. The van der Waals surface area contributed by atoms with Gasteiger partial charge in [-0.15, -0.1) is 0 Å². The normalized spacial score (nSPS) is 12.0. The van der Waals surface area contributed by atoms with Crippen molar-refractivity contribution in [1.29, 1.82) is 0 Å². The molecule has 0 aliphatic heterocycles. The van der Waals surface area contributed by atoms with E-state index in [0.29, 0.717) is 12.8 Å². The van der Waals surface area contributed by atoms with Crippen molar-refractivity contribution >= 4 is 11.9 Å². The molecule has 0 radical (unpaired) electrons. The zero-order valence-electron chi connectivity index (χ0n) is 24.0. The molecule has 1 atom stereocenters. The number of carbonyl (C=O) groups excluding carboxylic acids is 2. The van der Waals surface area contributed by atoms with E-state index in [1.165, 1.54) is 109 Å². The Kier molecular flexibility index (Phi) is 27.6. The van der Waals surface area contributed by atoms with Gasteiger partial charge in [0.2, 0.25) is 0 Å². The van der Waals surface area contributed by atoms with Crippen molar-refractivity contribution in [3.63, 3.8) is 0 Å². The zero-order valence-corrected chi connectivity index (χ0v) is 24.0. The lowest BCUT2D eigenvalue weighted by Crippen LogP contribution is -2.25. The summed E-state index contributed by atoms with van der Waals surface area (Å²) in [5, 5.41) is 9.85. The third kappa shape index (κ3) is 27.5. The minimum Gasteiger partial charge on any atom is -0.463 e. The Hall–Kier alpha value is -1.10. The number of hydrogen-bond donors (Lipinski definition) is 1. The zero-order chi connectivity index (χ0) is 26.5. The SMILES string of the molecule is CCCCCCCCCCCCCCCCCCCC(=O)OC[C@H](O)COC(=O)CCCCCCC. The van der Waals surface area contributed by atoms with Crippen LogP contribution in [0.1, 0.15) is 168 Å². The van der Waals surface area contributed by atoms with E-state index in [-0.39, 0.29) is 25.2 Å². The predicted octanol–water partition coefficient (Wildman–Crippen LogP) is 8.84. The van der Waals surface area contributed by atoms with Gasteiger partial charge in [0.15, 0.2) is 0 Å². The molecule has 0 aromatic heterocycles. The van der Waals surface area contributed by atoms with Gasteiger partial charge in [0.05, 0.1) is 0 Å². The molecule has 5 heteroatoms. The van der Waals surface area contributed by atoms with E-state index in [9.17, 15) is 14.7 Å². The average molecular weight is 513 g/mol. The maximum Gasteiger partial charge on any atom is 0.305 e. The summed E-state index contributed by atoms with van der Waals surface area (Å²) in [6.45, 7) is 4.21. The molecular weight excluding hydrogens is 452 g/mol. The van der Waals surface area contributed by atoms with E-state index >= 15 is 0 Å². The molecule has 0 aromatic carbocycles. The second-order valence-corrected chi connectivity index (χ2v) is 10.6. The molecular formula is C31H60O5. The highest BCUT2D eigenvalue weighted by atomic mass is 16.6. The van der Waals surface area contributed by atoms with Crippen LogP contribution in [0.4, 0.5) is 0 Å². The minimum absolute atomic E-state index is 0.110. The van der Waals surface area contributed by atoms with Crippen LogP contribution in [0.5, 0.6) is 0 Å². The molecule has 0 rings (SSSR count). The van der Waals surface area contributed by atoms with Gasteiger partial charge in [0, 0.05) is 12.8 Å². The largest absolute Gasteiger partial charge is 0.463 e. The number of ether oxygens (including phenoxy) is 2. The topological polar surface area (TPSA) is 72.8 Å². The number of hydrogen-bond acceptors (Lipinski definition) is 5. The van der Waals surface area contributed by atoms with Gasteiger partial charge in [-0.25, -0.2) is 0 Å². The molecule has 0 fully saturated rings. The first-order valence-corrected chi connectivity index (χ1v) is 15.6. The molecule has 0 heterocycles. The highest BCUT2D eigenvalue weighted by Gasteiger charge is 2.12. The van der Waals surface area contributed by atoms with Crippen LogP contribution in [0, 0.1) is 0 Å². The number of rotatable bonds is 28. The third-order valence-electron chi connectivity index (χ3n) is 6.84. The van der Waals surface area contributed by atoms with E-state index in [4.69, 9.17) is 9.47 Å². The fraction of sp³-hybridized carbons (Fsp3) is 0.935. The van der Waals surface area contributed by atoms with Crippen LogP contribution in [0.15, 0.2) is 0 Å². The van der Waals surface area contributed by atoms with Crippen LogP contribution < -0.4 is 0 Å². The van der Waals surface area contributed by atoms with E-state index in [1.54, 1.807) is 0 Å². The molecule has 0 saturated heterocycles. The van der Waals surface area contributed by atoms with E-state index in [0.717, 1.165) is 32.1 Å². The number of aliphatic hydroxyl groups is 1. The van der Waals surface area contributed by atoms with Crippen LogP contribution in [0.25, 0.3) is 0 Å². The molecule has 5 nitrogen and oxygen atoms in total. The fourth-order valence-corrected chi connectivity index (χ4v) is 4.44. The van der Waals surface area contributed by atoms with Gasteiger partial charge >= 0.3 is 11.9 Å². The van der Waals surface area contributed by atoms with Gasteiger partial charge in [-0.05, 0) is 12.8 Å². The Bertz CT molecular complexity index is 480. The summed E-state index contributed by atoms with van der Waals surface area (Å²) in [4.78, 5) is 23.5. The lowest BCUT2D eigenvalue weighted by atomic mass is 10.0. The number of esters is 2. The van der Waals surface area contributed by atoms with Crippen molar-refractivity contribution < 1.29 is 24.2 Å². The molecule has 0 unspecified atom stereocenters. The van der Waals surface area contributed by atoms with Gasteiger partial charge in [-0.2, -0.15) is 0 Å². The number of unbranched alkanes of at least 4 members (excludes halogenated alkanes) is 20. The van der Waals surface area contributed by atoms with Crippen LogP contribution in [0.3, 0.4) is 0 Å². The maximum absolute atomic E-state index is 11.8. The van der Waals surface area contributed by atoms with Gasteiger partial charge in [-0.1, -0.05) is 142 Å². The van der Waals surface area contributed by atoms with Gasteiger partial charge in [-0.3, -0.25) is 9.59 Å². The maximum atomic E-state index is 11.8. The standard InChI is InChI=1S/C31H60O5/c1-3-5-7-9-10-11-12-13-14-15-16-17-18-19-20-22-24-26-31(34)36-28-29(32)27-35-30(33)25-23-21-8-6-4-2/h29,32H,3-28H2,1-2H3/t29-/m1/s1. The van der Waals surface area contributed by atoms with Crippen LogP contribution in [-0.2, 0) is 19.1 Å². The second-order valence-electron chi connectivity index (χ2n) is 10.6. The Morgan fingerprint density at radius 3 is 1.00 bits per heavy atom. The number of carbonyl (C=O) groups is 2. The second kappa shape index (κ2) is 28.5. The van der Waals surface area contributed by atoms with Gasteiger partial charge in [0.25, 0.3) is 0 Å². The molecule has 0 spiro atoms. The summed E-state index contributed by atoms with van der Waals surface area (Å²) in [5.74, 6) is -0.572. The quantitative estimate of drug-likeness (QED) is 0.0837. The Morgan fingerprint density at radius 1 is 0.472 bits per heavy atom. The van der Waals surface area contributed by atoms with Crippen LogP contribution in [0.2, 0.25) is 0 Å². The Morgan fingerprint density at radius 2 is 0.722 bits per heavy atom. The van der Waals surface area contributed by atoms with E-state index < -0.39 is 6.10 Å². The molecule has 214 valence electrons. The van der Waals surface area contributed by atoms with Crippen molar-refractivity contribution in [3.05, 3.63) is 0 Å². The third-order valence-corrected chi connectivity index (χ3v) is 6.84. The molecule has 0 aliphatic carbocycles. The van der Waals surface area contributed by atoms with E-state index in [2.05, 4.69) is 13.8 Å². The fourth-order valence-electron chi connectivity index (χ4n) is 4.44. The van der Waals surface area contributed by atoms with Gasteiger partial charge < -0.3 is 14.6 Å². The summed E-state index contributed by atoms with van der Waals surface area (Å²) in [5.41, 5.74) is 0. The first kappa shape index (κ1) is 34.9. The smallest absolute Gasteiger partial charge is 0.305 e. The van der Waals surface area contributed by atoms with Crippen molar-refractivity contribution in [2.75, 3.05) is 13.2 Å². The first-order valence-electron chi connectivity index (χ1n) is 15.6. The first-order chi connectivity index (χ1) is 17.6. The lowest BCUT2D eigenvalue weighted by Gasteiger charge is -2.12. The van der Waals surface area contributed by atoms with Crippen LogP contribution in [-0.4, -0.2) is 36.4 Å². The summed E-state index contributed by atoms with van der Waals surface area (Å²) in [7, 11) is 0. The minimum atomic E-state index is -0.950. The highest BCUT2D eigenvalue weighted by Crippen LogP contribution is 2.14. The predicted molar refractivity (Wildman–Crippen MR) is 150 cm³/mol. The van der Waals surface area contributed by atoms with Gasteiger partial charge in [0.1, 0.15) is 19.3 Å². The molecule has 0 saturated carbocycles. The van der Waals surface area contributed by atoms with Crippen molar-refractivity contribution in [3.8, 4) is 0 Å². The summed E-state index contributed by atoms with van der Waals surface area (Å²) < 4.78 is 10.2. The lowest BCUT2D eigenvalue weighted by molar-refractivity contribution is -0.152. The Balaban J connectivity index is 3.34. The van der Waals surface area contributed by atoms with Crippen LogP contribution >= 0.6 is 0 Å². The van der Waals surface area contributed by atoms with E-state index in [1.807, 2.05) is 0 Å².